The lowest BCUT2D eigenvalue weighted by Crippen LogP contribution is -2.71. The summed E-state index contributed by atoms with van der Waals surface area (Å²) in [7, 11) is 0. The van der Waals surface area contributed by atoms with Gasteiger partial charge in [0.05, 0.1) is 38.6 Å². The Kier molecular flexibility index (Phi) is 19.2. The molecule has 6 rings (SSSR count). The fourth-order valence-electron chi connectivity index (χ4n) is 8.79. The van der Waals surface area contributed by atoms with Gasteiger partial charge in [0, 0.05) is 6.92 Å². The topological polar surface area (TPSA) is 475 Å². The van der Waals surface area contributed by atoms with Gasteiger partial charge in [-0.3, -0.25) is 4.79 Å². The van der Waals surface area contributed by atoms with Crippen molar-refractivity contribution in [2.75, 3.05) is 26.4 Å². The van der Waals surface area contributed by atoms with Crippen molar-refractivity contribution in [1.82, 2.24) is 5.32 Å². The average molecular weight is 1000 g/mol. The van der Waals surface area contributed by atoms with Gasteiger partial charge >= 0.3 is 0 Å². The number of amides is 1. The molecule has 0 saturated carbocycles. The Balaban J connectivity index is 1.33. The fourth-order valence-corrected chi connectivity index (χ4v) is 8.79. The third-order valence-corrected chi connectivity index (χ3v) is 12.8. The molecule has 0 aliphatic carbocycles. The van der Waals surface area contributed by atoms with E-state index in [1.54, 1.807) is 0 Å². The first kappa shape index (κ1) is 55.7. The van der Waals surface area contributed by atoms with Crippen LogP contribution in [-0.2, 0) is 56.9 Å². The Labute approximate surface area is 386 Å². The van der Waals surface area contributed by atoms with Crippen molar-refractivity contribution in [1.29, 1.82) is 0 Å². The standard InChI is InChI=1S/C38H65NO29/c1-8-16(45)20(49)23(52)35(58-8)66-30-15(39-10(3)44)34(63-14(7-43)28(30)64-37-25(54)22(51)18(47)11(4-40)61-37)67-31-19(48)12(5-41)62-38(27(31)56)65-29-13(6-42)60-33(57)26(55)32(29)68-36-24(53)21(50)17(46)9(2)59-36/h8-9,11-38,40-43,45-57H,4-7H2,1-3H3,(H,39,44). The molecule has 18 N–H and O–H groups in total. The summed E-state index contributed by atoms with van der Waals surface area (Å²) < 4.78 is 63.6. The van der Waals surface area contributed by atoms with Crippen LogP contribution in [0.15, 0.2) is 0 Å². The fraction of sp³-hybridized carbons (Fsp3) is 0.974. The maximum atomic E-state index is 12.9. The smallest absolute Gasteiger partial charge is 0.217 e. The molecule has 0 aromatic rings. The maximum absolute atomic E-state index is 12.9. The minimum absolute atomic E-state index is 0.867. The molecule has 1 amide bonds. The number of carbonyl (C=O) groups is 1. The number of hydrogen-bond acceptors (Lipinski definition) is 29. The molecule has 0 radical (unpaired) electrons. The minimum atomic E-state index is -2.23. The monoisotopic (exact) mass is 999 g/mol. The van der Waals surface area contributed by atoms with Crippen LogP contribution in [0.1, 0.15) is 20.8 Å². The van der Waals surface area contributed by atoms with Gasteiger partial charge in [0.25, 0.3) is 0 Å². The zero-order valence-electron chi connectivity index (χ0n) is 36.7. The highest BCUT2D eigenvalue weighted by atomic mass is 16.8. The molecular weight excluding hydrogens is 934 g/mol. The van der Waals surface area contributed by atoms with Crippen LogP contribution < -0.4 is 5.32 Å². The lowest BCUT2D eigenvalue weighted by Gasteiger charge is -2.52. The Hall–Kier alpha value is -1.65. The second-order valence-electron chi connectivity index (χ2n) is 17.5. The lowest BCUT2D eigenvalue weighted by atomic mass is 9.93. The van der Waals surface area contributed by atoms with Crippen LogP contribution in [0.25, 0.3) is 0 Å². The highest BCUT2D eigenvalue weighted by molar-refractivity contribution is 5.73. The van der Waals surface area contributed by atoms with Crippen LogP contribution in [0, 0.1) is 0 Å². The molecular formula is C38H65NO29. The van der Waals surface area contributed by atoms with E-state index in [4.69, 9.17) is 52.1 Å². The van der Waals surface area contributed by atoms with Gasteiger partial charge in [0.15, 0.2) is 37.7 Å². The van der Waals surface area contributed by atoms with Crippen molar-refractivity contribution in [2.24, 2.45) is 0 Å². The van der Waals surface area contributed by atoms with Gasteiger partial charge in [0.2, 0.25) is 5.91 Å². The number of rotatable bonds is 15. The van der Waals surface area contributed by atoms with Crippen LogP contribution in [0.5, 0.6) is 0 Å². The molecule has 6 heterocycles. The van der Waals surface area contributed by atoms with Gasteiger partial charge in [-0.2, -0.15) is 0 Å². The van der Waals surface area contributed by atoms with Crippen molar-refractivity contribution >= 4 is 5.91 Å². The number of nitrogens with one attached hydrogen (secondary N) is 1. The SMILES string of the molecule is CC(=O)NC1C(OC2C(O)C(CO)OC(OC3C(CO)OC(O)C(O)C3OC3OC(C)C(O)C(O)C3O)C2O)OC(CO)C(OC2OC(CO)C(O)C(O)C2O)C1OC1OC(C)C(O)C(O)C1O. The molecule has 6 aliphatic heterocycles. The Morgan fingerprint density at radius 3 is 1.24 bits per heavy atom. The lowest BCUT2D eigenvalue weighted by molar-refractivity contribution is -0.397. The Morgan fingerprint density at radius 1 is 0.382 bits per heavy atom. The average Bonchev–Trinajstić information content (AvgIpc) is 3.31. The highest BCUT2D eigenvalue weighted by Gasteiger charge is 2.58. The molecule has 30 unspecified atom stereocenters. The molecule has 396 valence electrons. The highest BCUT2D eigenvalue weighted by Crippen LogP contribution is 2.38. The van der Waals surface area contributed by atoms with E-state index >= 15 is 0 Å². The van der Waals surface area contributed by atoms with Gasteiger partial charge < -0.3 is 144 Å². The first-order chi connectivity index (χ1) is 32.1. The molecule has 0 aromatic heterocycles. The molecule has 0 spiro atoms. The number of hydrogen-bond donors (Lipinski definition) is 18. The van der Waals surface area contributed by atoms with Crippen LogP contribution in [-0.4, -0.2) is 303 Å². The number of aliphatic hydroxyl groups excluding tert-OH is 17. The summed E-state index contributed by atoms with van der Waals surface area (Å²) in [4.78, 5) is 12.9. The summed E-state index contributed by atoms with van der Waals surface area (Å²) in [6.45, 7) is -0.320. The van der Waals surface area contributed by atoms with Crippen LogP contribution in [0.2, 0.25) is 0 Å². The second kappa shape index (κ2) is 23.5. The summed E-state index contributed by atoms with van der Waals surface area (Å²) >= 11 is 0. The van der Waals surface area contributed by atoms with E-state index in [9.17, 15) is 91.6 Å². The first-order valence-corrected chi connectivity index (χ1v) is 21.8. The first-order valence-electron chi connectivity index (χ1n) is 21.8. The zero-order chi connectivity index (χ0) is 50.2. The normalized spacial score (nSPS) is 52.6. The van der Waals surface area contributed by atoms with Crippen molar-refractivity contribution in [3.05, 3.63) is 0 Å². The summed E-state index contributed by atoms with van der Waals surface area (Å²) in [5.41, 5.74) is 0. The molecule has 6 fully saturated rings. The number of aliphatic hydroxyl groups is 17. The second-order valence-corrected chi connectivity index (χ2v) is 17.5. The third-order valence-electron chi connectivity index (χ3n) is 12.8. The molecule has 30 atom stereocenters. The number of carbonyl (C=O) groups excluding carboxylic acids is 1. The molecule has 30 nitrogen and oxygen atoms in total. The van der Waals surface area contributed by atoms with Gasteiger partial charge in [-0.1, -0.05) is 0 Å². The van der Waals surface area contributed by atoms with Crippen molar-refractivity contribution in [3.63, 3.8) is 0 Å². The van der Waals surface area contributed by atoms with Gasteiger partial charge in [0.1, 0.15) is 134 Å². The summed E-state index contributed by atoms with van der Waals surface area (Å²) in [6, 6.07) is -1.80. The predicted molar refractivity (Wildman–Crippen MR) is 208 cm³/mol. The predicted octanol–water partition coefficient (Wildman–Crippen LogP) is -11.9. The van der Waals surface area contributed by atoms with Crippen molar-refractivity contribution < 1.29 is 144 Å². The molecule has 68 heavy (non-hydrogen) atoms. The van der Waals surface area contributed by atoms with Gasteiger partial charge in [-0.15, -0.1) is 0 Å². The molecule has 30 heteroatoms. The Morgan fingerprint density at radius 2 is 0.750 bits per heavy atom. The molecule has 0 aromatic carbocycles. The molecule has 0 bridgehead atoms. The van der Waals surface area contributed by atoms with E-state index in [0.29, 0.717) is 0 Å². The Bertz CT molecular complexity index is 1590. The summed E-state index contributed by atoms with van der Waals surface area (Å²) in [5, 5.41) is 184. The quantitative estimate of drug-likeness (QED) is 0.0724. The zero-order valence-corrected chi connectivity index (χ0v) is 36.7. The van der Waals surface area contributed by atoms with Gasteiger partial charge in [-0.05, 0) is 13.8 Å². The van der Waals surface area contributed by atoms with E-state index in [-0.39, 0.29) is 0 Å². The maximum Gasteiger partial charge on any atom is 0.217 e. The van der Waals surface area contributed by atoms with E-state index in [1.165, 1.54) is 13.8 Å². The number of ether oxygens (including phenoxy) is 11. The van der Waals surface area contributed by atoms with Crippen LogP contribution in [0.3, 0.4) is 0 Å². The van der Waals surface area contributed by atoms with E-state index in [2.05, 4.69) is 5.32 Å². The minimum Gasteiger partial charge on any atom is -0.394 e. The van der Waals surface area contributed by atoms with Gasteiger partial charge in [-0.25, -0.2) is 0 Å². The summed E-state index contributed by atoms with van der Waals surface area (Å²) in [6.07, 6.45) is -53.5. The van der Waals surface area contributed by atoms with E-state index in [0.717, 1.165) is 6.92 Å². The van der Waals surface area contributed by atoms with Crippen LogP contribution >= 0.6 is 0 Å². The molecule has 6 saturated heterocycles. The van der Waals surface area contributed by atoms with Crippen molar-refractivity contribution in [2.45, 2.75) is 205 Å². The van der Waals surface area contributed by atoms with Crippen LogP contribution in [0.4, 0.5) is 0 Å². The largest absolute Gasteiger partial charge is 0.394 e. The van der Waals surface area contributed by atoms with Crippen molar-refractivity contribution in [3.8, 4) is 0 Å². The van der Waals surface area contributed by atoms with E-state index in [1.807, 2.05) is 0 Å². The molecule has 6 aliphatic rings. The third kappa shape index (κ3) is 11.4. The van der Waals surface area contributed by atoms with E-state index < -0.39 is 217 Å². The summed E-state index contributed by atoms with van der Waals surface area (Å²) in [5.74, 6) is -0.867.